The van der Waals surface area contributed by atoms with Crippen LogP contribution in [0, 0.1) is 0 Å². The molecular formula is C15H23N3O2. The molecule has 5 heteroatoms. The van der Waals surface area contributed by atoms with E-state index in [1.54, 1.807) is 6.07 Å². The molecule has 0 aliphatic carbocycles. The number of nitrogen functional groups attached to an aromatic ring is 1. The molecule has 0 bridgehead atoms. The molecule has 20 heavy (non-hydrogen) atoms. The van der Waals surface area contributed by atoms with Crippen LogP contribution in [0.1, 0.15) is 32.8 Å². The van der Waals surface area contributed by atoms with Crippen molar-refractivity contribution in [2.24, 2.45) is 0 Å². The minimum absolute atomic E-state index is 0.0722. The van der Waals surface area contributed by atoms with E-state index >= 15 is 0 Å². The summed E-state index contributed by atoms with van der Waals surface area (Å²) in [6, 6.07) is 7.25. The van der Waals surface area contributed by atoms with Gasteiger partial charge in [0.15, 0.2) is 0 Å². The van der Waals surface area contributed by atoms with E-state index in [9.17, 15) is 9.59 Å². The number of rotatable bonds is 5. The number of anilines is 1. The zero-order valence-corrected chi connectivity index (χ0v) is 12.3. The summed E-state index contributed by atoms with van der Waals surface area (Å²) in [4.78, 5) is 23.3. The molecule has 0 aliphatic heterocycles. The fourth-order valence-electron chi connectivity index (χ4n) is 1.73. The Morgan fingerprint density at radius 3 is 2.40 bits per heavy atom. The molecule has 0 aliphatic rings. The fourth-order valence-corrected chi connectivity index (χ4v) is 1.73. The molecule has 0 aromatic heterocycles. The Hall–Kier alpha value is -2.04. The van der Waals surface area contributed by atoms with Gasteiger partial charge in [-0.1, -0.05) is 18.2 Å². The van der Waals surface area contributed by atoms with Crippen LogP contribution in [-0.2, 0) is 16.0 Å². The number of para-hydroxylation sites is 1. The summed E-state index contributed by atoms with van der Waals surface area (Å²) < 4.78 is 0. The third kappa shape index (κ3) is 6.22. The highest BCUT2D eigenvalue weighted by atomic mass is 16.2. The Kier molecular flexibility index (Phi) is 5.55. The molecule has 0 radical (unpaired) electrons. The number of benzene rings is 1. The van der Waals surface area contributed by atoms with Gasteiger partial charge in [0, 0.05) is 24.2 Å². The van der Waals surface area contributed by atoms with Crippen molar-refractivity contribution >= 4 is 17.5 Å². The molecule has 0 heterocycles. The molecule has 1 aromatic carbocycles. The van der Waals surface area contributed by atoms with Gasteiger partial charge in [-0.2, -0.15) is 0 Å². The van der Waals surface area contributed by atoms with Gasteiger partial charge in [-0.15, -0.1) is 0 Å². The Labute approximate surface area is 119 Å². The first kappa shape index (κ1) is 16.0. The summed E-state index contributed by atoms with van der Waals surface area (Å²) in [5, 5.41) is 5.56. The van der Waals surface area contributed by atoms with Gasteiger partial charge in [-0.3, -0.25) is 9.59 Å². The number of hydrogen-bond donors (Lipinski definition) is 3. The normalized spacial score (nSPS) is 10.9. The molecule has 1 aromatic rings. The van der Waals surface area contributed by atoms with Gasteiger partial charge in [-0.05, 0) is 32.4 Å². The largest absolute Gasteiger partial charge is 0.398 e. The molecule has 0 atom stereocenters. The predicted octanol–water partition coefficient (Wildman–Crippen LogP) is 1.23. The Balaban J connectivity index is 2.31. The van der Waals surface area contributed by atoms with Crippen molar-refractivity contribution in [3.8, 4) is 0 Å². The van der Waals surface area contributed by atoms with Crippen molar-refractivity contribution in [2.45, 2.75) is 39.2 Å². The van der Waals surface area contributed by atoms with E-state index in [0.29, 0.717) is 12.2 Å². The van der Waals surface area contributed by atoms with E-state index in [1.807, 2.05) is 39.0 Å². The van der Waals surface area contributed by atoms with E-state index in [0.717, 1.165) is 5.56 Å². The number of nitrogens with one attached hydrogen (secondary N) is 2. The number of hydrogen-bond acceptors (Lipinski definition) is 3. The highest BCUT2D eigenvalue weighted by molar-refractivity contribution is 5.81. The van der Waals surface area contributed by atoms with Crippen molar-refractivity contribution in [2.75, 3.05) is 12.3 Å². The summed E-state index contributed by atoms with van der Waals surface area (Å²) in [5.41, 5.74) is 6.92. The SMILES string of the molecule is CC(C)(C)NC(=O)CCNC(=O)Cc1ccccc1N. The number of nitrogens with two attached hydrogens (primary N) is 1. The molecule has 110 valence electrons. The van der Waals surface area contributed by atoms with Crippen LogP contribution >= 0.6 is 0 Å². The lowest BCUT2D eigenvalue weighted by atomic mass is 10.1. The molecule has 0 saturated carbocycles. The molecule has 4 N–H and O–H groups in total. The van der Waals surface area contributed by atoms with Crippen molar-refractivity contribution in [3.63, 3.8) is 0 Å². The Bertz CT molecular complexity index is 478. The minimum Gasteiger partial charge on any atom is -0.398 e. The summed E-state index contributed by atoms with van der Waals surface area (Å²) in [6.45, 7) is 6.08. The average molecular weight is 277 g/mol. The summed E-state index contributed by atoms with van der Waals surface area (Å²) in [6.07, 6.45) is 0.501. The van der Waals surface area contributed by atoms with E-state index < -0.39 is 0 Å². The van der Waals surface area contributed by atoms with Crippen LogP contribution in [0.3, 0.4) is 0 Å². The van der Waals surface area contributed by atoms with Crippen molar-refractivity contribution in [3.05, 3.63) is 29.8 Å². The van der Waals surface area contributed by atoms with Gasteiger partial charge < -0.3 is 16.4 Å². The van der Waals surface area contributed by atoms with Gasteiger partial charge >= 0.3 is 0 Å². The lowest BCUT2D eigenvalue weighted by Gasteiger charge is -2.20. The molecule has 1 rings (SSSR count). The van der Waals surface area contributed by atoms with Gasteiger partial charge in [0.25, 0.3) is 0 Å². The lowest BCUT2D eigenvalue weighted by molar-refractivity contribution is -0.123. The van der Waals surface area contributed by atoms with E-state index in [1.165, 1.54) is 0 Å². The van der Waals surface area contributed by atoms with E-state index in [4.69, 9.17) is 5.73 Å². The number of amides is 2. The predicted molar refractivity (Wildman–Crippen MR) is 80.1 cm³/mol. The van der Waals surface area contributed by atoms with Crippen molar-refractivity contribution < 1.29 is 9.59 Å². The monoisotopic (exact) mass is 277 g/mol. The van der Waals surface area contributed by atoms with Crippen molar-refractivity contribution in [1.29, 1.82) is 0 Å². The molecule has 0 spiro atoms. The third-order valence-corrected chi connectivity index (χ3v) is 2.59. The standard InChI is InChI=1S/C15H23N3O2/c1-15(2,3)18-13(19)8-9-17-14(20)10-11-6-4-5-7-12(11)16/h4-7H,8-10,16H2,1-3H3,(H,17,20)(H,18,19). The zero-order chi connectivity index (χ0) is 15.2. The summed E-state index contributed by atoms with van der Waals surface area (Å²) >= 11 is 0. The van der Waals surface area contributed by atoms with Crippen LogP contribution in [0.15, 0.2) is 24.3 Å². The molecule has 0 fully saturated rings. The maximum atomic E-state index is 11.7. The third-order valence-electron chi connectivity index (χ3n) is 2.59. The molecule has 2 amide bonds. The Morgan fingerprint density at radius 2 is 1.80 bits per heavy atom. The van der Waals surface area contributed by atoms with Crippen LogP contribution < -0.4 is 16.4 Å². The summed E-state index contributed by atoms with van der Waals surface area (Å²) in [7, 11) is 0. The Morgan fingerprint density at radius 1 is 1.15 bits per heavy atom. The maximum Gasteiger partial charge on any atom is 0.224 e. The molecule has 0 saturated heterocycles. The van der Waals surface area contributed by atoms with Crippen molar-refractivity contribution in [1.82, 2.24) is 10.6 Å². The highest BCUT2D eigenvalue weighted by Crippen LogP contribution is 2.10. The number of carbonyl (C=O) groups is 2. The topological polar surface area (TPSA) is 84.2 Å². The van der Waals surface area contributed by atoms with E-state index in [-0.39, 0.29) is 30.2 Å². The van der Waals surface area contributed by atoms with Crippen LogP contribution in [0.5, 0.6) is 0 Å². The fraction of sp³-hybridized carbons (Fsp3) is 0.467. The second kappa shape index (κ2) is 6.93. The lowest BCUT2D eigenvalue weighted by Crippen LogP contribution is -2.42. The first-order chi connectivity index (χ1) is 9.28. The van der Waals surface area contributed by atoms with Gasteiger partial charge in [0.1, 0.15) is 0 Å². The quantitative estimate of drug-likeness (QED) is 0.708. The number of carbonyl (C=O) groups excluding carboxylic acids is 2. The highest BCUT2D eigenvalue weighted by Gasteiger charge is 2.13. The average Bonchev–Trinajstić information content (AvgIpc) is 2.29. The minimum atomic E-state index is -0.250. The van der Waals surface area contributed by atoms with Gasteiger partial charge in [0.2, 0.25) is 11.8 Å². The first-order valence-corrected chi connectivity index (χ1v) is 6.69. The van der Waals surface area contributed by atoms with Gasteiger partial charge in [-0.25, -0.2) is 0 Å². The van der Waals surface area contributed by atoms with Crippen LogP contribution in [0.4, 0.5) is 5.69 Å². The van der Waals surface area contributed by atoms with Crippen LogP contribution in [0.2, 0.25) is 0 Å². The van der Waals surface area contributed by atoms with Crippen LogP contribution in [-0.4, -0.2) is 23.9 Å². The van der Waals surface area contributed by atoms with E-state index in [2.05, 4.69) is 10.6 Å². The van der Waals surface area contributed by atoms with Gasteiger partial charge in [0.05, 0.1) is 6.42 Å². The first-order valence-electron chi connectivity index (χ1n) is 6.69. The second-order valence-electron chi connectivity index (χ2n) is 5.77. The summed E-state index contributed by atoms with van der Waals surface area (Å²) in [5.74, 6) is -0.205. The smallest absolute Gasteiger partial charge is 0.224 e. The second-order valence-corrected chi connectivity index (χ2v) is 5.77. The molecule has 0 unspecified atom stereocenters. The van der Waals surface area contributed by atoms with Crippen LogP contribution in [0.25, 0.3) is 0 Å². The zero-order valence-electron chi connectivity index (χ0n) is 12.3. The molecule has 5 nitrogen and oxygen atoms in total. The maximum absolute atomic E-state index is 11.7. The molecular weight excluding hydrogens is 254 g/mol.